The molecule has 1 fully saturated rings. The average Bonchev–Trinajstić information content (AvgIpc) is 3.32. The van der Waals surface area contributed by atoms with Gasteiger partial charge in [0.1, 0.15) is 0 Å². The van der Waals surface area contributed by atoms with Crippen LogP contribution >= 0.6 is 0 Å². The van der Waals surface area contributed by atoms with Crippen molar-refractivity contribution in [1.82, 2.24) is 24.0 Å². The van der Waals surface area contributed by atoms with Gasteiger partial charge in [0.05, 0.1) is 27.7 Å². The van der Waals surface area contributed by atoms with Crippen LogP contribution in [-0.4, -0.2) is 64.5 Å². The number of nitrogens with zero attached hydrogens (tertiary/aromatic N) is 5. The van der Waals surface area contributed by atoms with E-state index < -0.39 is 10.0 Å². The van der Waals surface area contributed by atoms with Gasteiger partial charge in [-0.2, -0.15) is 9.40 Å². The highest BCUT2D eigenvalue weighted by molar-refractivity contribution is 7.89. The standard InChI is InChI=1S/C26H27N5O3S/c1-3-31-25-23(18-27-31)22(17-24(28-25)20-7-5-4-6-8-20)26(32)29-13-15-30(16-14-29)35(33,34)21-11-9-19(2)10-12-21/h4-12,17-18H,3,13-16H2,1-2H3. The fourth-order valence-electron chi connectivity index (χ4n) is 4.37. The summed E-state index contributed by atoms with van der Waals surface area (Å²) in [7, 11) is -3.60. The Kier molecular flexibility index (Phi) is 6.12. The third kappa shape index (κ3) is 4.33. The van der Waals surface area contributed by atoms with Gasteiger partial charge in [-0.15, -0.1) is 0 Å². The van der Waals surface area contributed by atoms with Gasteiger partial charge in [-0.25, -0.2) is 18.1 Å². The molecule has 4 aromatic rings. The summed E-state index contributed by atoms with van der Waals surface area (Å²) in [6.07, 6.45) is 1.69. The number of sulfonamides is 1. The van der Waals surface area contributed by atoms with E-state index >= 15 is 0 Å². The summed E-state index contributed by atoms with van der Waals surface area (Å²) >= 11 is 0. The molecular formula is C26H27N5O3S. The van der Waals surface area contributed by atoms with E-state index in [0.717, 1.165) is 11.1 Å². The normalized spacial score (nSPS) is 15.0. The monoisotopic (exact) mass is 489 g/mol. The molecule has 0 spiro atoms. The zero-order chi connectivity index (χ0) is 24.6. The predicted molar refractivity (Wildman–Crippen MR) is 134 cm³/mol. The van der Waals surface area contributed by atoms with Crippen molar-refractivity contribution >= 4 is 27.0 Å². The molecule has 1 saturated heterocycles. The van der Waals surface area contributed by atoms with Crippen molar-refractivity contribution in [3.63, 3.8) is 0 Å². The first-order valence-electron chi connectivity index (χ1n) is 11.7. The van der Waals surface area contributed by atoms with Gasteiger partial charge in [-0.3, -0.25) is 4.79 Å². The van der Waals surface area contributed by atoms with Crippen molar-refractivity contribution in [2.24, 2.45) is 0 Å². The highest BCUT2D eigenvalue weighted by Gasteiger charge is 2.31. The van der Waals surface area contributed by atoms with E-state index in [9.17, 15) is 13.2 Å². The molecule has 0 atom stereocenters. The summed E-state index contributed by atoms with van der Waals surface area (Å²) in [5, 5.41) is 5.12. The number of fused-ring (bicyclic) bond motifs is 1. The van der Waals surface area contributed by atoms with Gasteiger partial charge in [-0.1, -0.05) is 48.0 Å². The molecule has 8 nitrogen and oxygen atoms in total. The minimum Gasteiger partial charge on any atom is -0.336 e. The van der Waals surface area contributed by atoms with Crippen molar-refractivity contribution in [3.05, 3.63) is 78.0 Å². The van der Waals surface area contributed by atoms with Gasteiger partial charge in [0, 0.05) is 38.3 Å². The third-order valence-electron chi connectivity index (χ3n) is 6.39. The van der Waals surface area contributed by atoms with Crippen LogP contribution in [0.25, 0.3) is 22.3 Å². The summed E-state index contributed by atoms with van der Waals surface area (Å²) in [5.41, 5.74) is 3.82. The molecule has 1 aliphatic rings. The Morgan fingerprint density at radius 3 is 2.31 bits per heavy atom. The molecule has 0 aliphatic carbocycles. The summed E-state index contributed by atoms with van der Waals surface area (Å²) in [6, 6.07) is 18.4. The van der Waals surface area contributed by atoms with Crippen molar-refractivity contribution < 1.29 is 13.2 Å². The molecule has 0 radical (unpaired) electrons. The van der Waals surface area contributed by atoms with E-state index in [0.29, 0.717) is 41.9 Å². The maximum Gasteiger partial charge on any atom is 0.254 e. The quantitative estimate of drug-likeness (QED) is 0.428. The molecule has 2 aromatic carbocycles. The van der Waals surface area contributed by atoms with E-state index in [1.54, 1.807) is 40.0 Å². The van der Waals surface area contributed by atoms with Crippen molar-refractivity contribution in [3.8, 4) is 11.3 Å². The number of pyridine rings is 1. The van der Waals surface area contributed by atoms with Crippen molar-refractivity contribution in [2.45, 2.75) is 25.3 Å². The smallest absolute Gasteiger partial charge is 0.254 e. The fraction of sp³-hybridized carbons (Fsp3) is 0.269. The largest absolute Gasteiger partial charge is 0.336 e. The molecule has 0 bridgehead atoms. The van der Waals surface area contributed by atoms with E-state index in [2.05, 4.69) is 5.10 Å². The Balaban J connectivity index is 1.42. The SMILES string of the molecule is CCn1ncc2c(C(=O)N3CCN(S(=O)(=O)c4ccc(C)cc4)CC3)cc(-c3ccccc3)nc21. The third-order valence-corrected chi connectivity index (χ3v) is 8.31. The average molecular weight is 490 g/mol. The number of aryl methyl sites for hydroxylation is 2. The number of benzene rings is 2. The second kappa shape index (κ2) is 9.24. The van der Waals surface area contributed by atoms with Crippen molar-refractivity contribution in [2.75, 3.05) is 26.2 Å². The molecule has 2 aromatic heterocycles. The molecule has 0 unspecified atom stereocenters. The van der Waals surface area contributed by atoms with E-state index in [4.69, 9.17) is 4.98 Å². The van der Waals surface area contributed by atoms with Crippen molar-refractivity contribution in [1.29, 1.82) is 0 Å². The Hall–Kier alpha value is -3.56. The van der Waals surface area contributed by atoms with Gasteiger partial charge in [0.2, 0.25) is 10.0 Å². The van der Waals surface area contributed by atoms with Crippen LogP contribution in [0.5, 0.6) is 0 Å². The molecule has 9 heteroatoms. The first-order chi connectivity index (χ1) is 16.9. The Morgan fingerprint density at radius 1 is 0.971 bits per heavy atom. The first-order valence-corrected chi connectivity index (χ1v) is 13.1. The van der Waals surface area contributed by atoms with E-state index in [1.165, 1.54) is 4.31 Å². The Bertz CT molecular complexity index is 1470. The fourth-order valence-corrected chi connectivity index (χ4v) is 5.80. The molecule has 35 heavy (non-hydrogen) atoms. The molecule has 0 N–H and O–H groups in total. The lowest BCUT2D eigenvalue weighted by atomic mass is 10.1. The maximum absolute atomic E-state index is 13.7. The van der Waals surface area contributed by atoms with Gasteiger partial charge in [0.15, 0.2) is 5.65 Å². The maximum atomic E-state index is 13.7. The second-order valence-corrected chi connectivity index (χ2v) is 10.6. The van der Waals surface area contributed by atoms with Gasteiger partial charge in [-0.05, 0) is 32.0 Å². The van der Waals surface area contributed by atoms with Crippen LogP contribution in [0.2, 0.25) is 0 Å². The first kappa shape index (κ1) is 23.2. The van der Waals surface area contributed by atoms with Crippen LogP contribution in [-0.2, 0) is 16.6 Å². The highest BCUT2D eigenvalue weighted by Crippen LogP contribution is 2.27. The van der Waals surface area contributed by atoms with Gasteiger partial charge < -0.3 is 4.90 Å². The van der Waals surface area contributed by atoms with Crippen LogP contribution in [0.15, 0.2) is 71.8 Å². The Labute approximate surface area is 204 Å². The number of rotatable bonds is 5. The van der Waals surface area contributed by atoms with E-state index in [-0.39, 0.29) is 23.9 Å². The second-order valence-electron chi connectivity index (χ2n) is 8.63. The summed E-state index contributed by atoms with van der Waals surface area (Å²) < 4.78 is 29.4. The highest BCUT2D eigenvalue weighted by atomic mass is 32.2. The van der Waals surface area contributed by atoms with Crippen LogP contribution < -0.4 is 0 Å². The lowest BCUT2D eigenvalue weighted by Gasteiger charge is -2.34. The predicted octanol–water partition coefficient (Wildman–Crippen LogP) is 3.57. The summed E-state index contributed by atoms with van der Waals surface area (Å²) in [6.45, 7) is 5.67. The van der Waals surface area contributed by atoms with Crippen LogP contribution in [0.3, 0.4) is 0 Å². The lowest BCUT2D eigenvalue weighted by molar-refractivity contribution is 0.0700. The minimum absolute atomic E-state index is 0.141. The lowest BCUT2D eigenvalue weighted by Crippen LogP contribution is -2.50. The van der Waals surface area contributed by atoms with Crippen LogP contribution in [0.4, 0.5) is 0 Å². The summed E-state index contributed by atoms with van der Waals surface area (Å²) in [5.74, 6) is -0.141. The summed E-state index contributed by atoms with van der Waals surface area (Å²) in [4.78, 5) is 20.4. The Morgan fingerprint density at radius 2 is 1.66 bits per heavy atom. The zero-order valence-electron chi connectivity index (χ0n) is 19.8. The molecule has 180 valence electrons. The number of carbonyl (C=O) groups is 1. The topological polar surface area (TPSA) is 88.4 Å². The van der Waals surface area contributed by atoms with E-state index in [1.807, 2.05) is 50.2 Å². The molecule has 1 aliphatic heterocycles. The minimum atomic E-state index is -3.60. The number of carbonyl (C=O) groups excluding carboxylic acids is 1. The van der Waals surface area contributed by atoms with Gasteiger partial charge in [0.25, 0.3) is 5.91 Å². The molecular weight excluding hydrogens is 462 g/mol. The molecule has 0 saturated carbocycles. The van der Waals surface area contributed by atoms with Crippen LogP contribution in [0, 0.1) is 6.92 Å². The number of aromatic nitrogens is 3. The van der Waals surface area contributed by atoms with Gasteiger partial charge >= 0.3 is 0 Å². The number of piperazine rings is 1. The molecule has 1 amide bonds. The zero-order valence-corrected chi connectivity index (χ0v) is 20.6. The number of hydrogen-bond acceptors (Lipinski definition) is 5. The number of amides is 1. The van der Waals surface area contributed by atoms with Crippen LogP contribution in [0.1, 0.15) is 22.8 Å². The molecule has 3 heterocycles. The number of hydrogen-bond donors (Lipinski definition) is 0. The molecule has 5 rings (SSSR count).